The van der Waals surface area contributed by atoms with Gasteiger partial charge in [-0.1, -0.05) is 6.92 Å². The fourth-order valence-corrected chi connectivity index (χ4v) is 2.62. The molecule has 0 bridgehead atoms. The van der Waals surface area contributed by atoms with E-state index in [4.69, 9.17) is 0 Å². The number of nitrogens with zero attached hydrogens (tertiary/aromatic N) is 3. The predicted octanol–water partition coefficient (Wildman–Crippen LogP) is 2.06. The highest BCUT2D eigenvalue weighted by atomic mass is 15.3. The van der Waals surface area contributed by atoms with E-state index in [9.17, 15) is 0 Å². The summed E-state index contributed by atoms with van der Waals surface area (Å²) in [6.45, 7) is 9.38. The molecule has 4 heteroatoms. The Bertz CT molecular complexity index is 371. The summed E-state index contributed by atoms with van der Waals surface area (Å²) in [4.78, 5) is 11.6. The van der Waals surface area contributed by atoms with Crippen LogP contribution in [0.2, 0.25) is 0 Å². The third kappa shape index (κ3) is 3.19. The molecule has 0 radical (unpaired) electrons. The van der Waals surface area contributed by atoms with Gasteiger partial charge in [0.15, 0.2) is 0 Å². The van der Waals surface area contributed by atoms with E-state index in [1.165, 1.54) is 19.3 Å². The van der Waals surface area contributed by atoms with Crippen LogP contribution < -0.4 is 10.2 Å². The van der Waals surface area contributed by atoms with Crippen molar-refractivity contribution in [2.75, 3.05) is 24.5 Å². The molecule has 1 aliphatic rings. The quantitative estimate of drug-likeness (QED) is 0.885. The summed E-state index contributed by atoms with van der Waals surface area (Å²) in [6.07, 6.45) is 3.81. The van der Waals surface area contributed by atoms with E-state index in [1.807, 2.05) is 19.9 Å². The second-order valence-corrected chi connectivity index (χ2v) is 5.10. The Morgan fingerprint density at radius 3 is 2.67 bits per heavy atom. The van der Waals surface area contributed by atoms with E-state index < -0.39 is 0 Å². The zero-order valence-electron chi connectivity index (χ0n) is 11.7. The first kappa shape index (κ1) is 13.3. The molecule has 0 aliphatic carbocycles. The summed E-state index contributed by atoms with van der Waals surface area (Å²) in [5, 5.41) is 3.45. The topological polar surface area (TPSA) is 41.0 Å². The lowest BCUT2D eigenvalue weighted by atomic mass is 10.0. The number of anilines is 1. The molecule has 0 amide bonds. The van der Waals surface area contributed by atoms with Gasteiger partial charge in [-0.2, -0.15) is 0 Å². The highest BCUT2D eigenvalue weighted by Crippen LogP contribution is 2.21. The average Bonchev–Trinajstić information content (AvgIpc) is 2.35. The second kappa shape index (κ2) is 6.14. The number of piperidine rings is 1. The van der Waals surface area contributed by atoms with Crippen molar-refractivity contribution in [1.82, 2.24) is 15.3 Å². The largest absolute Gasteiger partial charge is 0.337 e. The van der Waals surface area contributed by atoms with Crippen LogP contribution in [0, 0.1) is 13.8 Å². The summed E-state index contributed by atoms with van der Waals surface area (Å²) in [5.74, 6) is 0.912. The molecular formula is C14H24N4. The van der Waals surface area contributed by atoms with Gasteiger partial charge in [-0.15, -0.1) is 0 Å². The van der Waals surface area contributed by atoms with Gasteiger partial charge in [-0.3, -0.25) is 0 Å². The molecule has 1 saturated heterocycles. The summed E-state index contributed by atoms with van der Waals surface area (Å²) in [7, 11) is 0. The Morgan fingerprint density at radius 2 is 2.00 bits per heavy atom. The minimum Gasteiger partial charge on any atom is -0.337 e. The number of hydrogen-bond acceptors (Lipinski definition) is 4. The van der Waals surface area contributed by atoms with Gasteiger partial charge in [0.05, 0.1) is 0 Å². The van der Waals surface area contributed by atoms with Gasteiger partial charge >= 0.3 is 0 Å². The zero-order valence-corrected chi connectivity index (χ0v) is 11.7. The first-order valence-corrected chi connectivity index (χ1v) is 7.00. The van der Waals surface area contributed by atoms with Gasteiger partial charge in [-0.05, 0) is 45.7 Å². The lowest BCUT2D eigenvalue weighted by Gasteiger charge is -2.36. The Balaban J connectivity index is 2.16. The van der Waals surface area contributed by atoms with Crippen molar-refractivity contribution in [3.05, 3.63) is 17.5 Å². The van der Waals surface area contributed by atoms with E-state index in [1.54, 1.807) is 0 Å². The molecule has 1 aromatic heterocycles. The van der Waals surface area contributed by atoms with Crippen LogP contribution in [0.25, 0.3) is 0 Å². The summed E-state index contributed by atoms with van der Waals surface area (Å²) in [6, 6.07) is 2.58. The Labute approximate surface area is 110 Å². The van der Waals surface area contributed by atoms with Crippen LogP contribution in [0.5, 0.6) is 0 Å². The highest BCUT2D eigenvalue weighted by Gasteiger charge is 2.24. The third-order valence-corrected chi connectivity index (χ3v) is 3.48. The van der Waals surface area contributed by atoms with Crippen LogP contribution in [-0.2, 0) is 0 Å². The molecule has 0 saturated carbocycles. The molecule has 1 aromatic rings. The van der Waals surface area contributed by atoms with E-state index in [-0.39, 0.29) is 0 Å². The van der Waals surface area contributed by atoms with Crippen molar-refractivity contribution < 1.29 is 0 Å². The van der Waals surface area contributed by atoms with Gasteiger partial charge in [0.2, 0.25) is 5.95 Å². The van der Waals surface area contributed by atoms with Crippen molar-refractivity contribution in [3.8, 4) is 0 Å². The van der Waals surface area contributed by atoms with Gasteiger partial charge < -0.3 is 10.2 Å². The molecule has 0 spiro atoms. The molecule has 100 valence electrons. The minimum absolute atomic E-state index is 0.542. The van der Waals surface area contributed by atoms with Crippen LogP contribution in [0.3, 0.4) is 0 Å². The highest BCUT2D eigenvalue weighted by molar-refractivity contribution is 5.34. The maximum absolute atomic E-state index is 4.60. The molecule has 1 atom stereocenters. The summed E-state index contributed by atoms with van der Waals surface area (Å²) < 4.78 is 0. The number of aromatic nitrogens is 2. The molecule has 0 aromatic carbocycles. The van der Waals surface area contributed by atoms with E-state index >= 15 is 0 Å². The third-order valence-electron chi connectivity index (χ3n) is 3.48. The van der Waals surface area contributed by atoms with Crippen molar-refractivity contribution in [2.45, 2.75) is 46.1 Å². The van der Waals surface area contributed by atoms with E-state index in [0.717, 1.165) is 37.0 Å². The number of likely N-dealkylation sites (N-methyl/N-ethyl adjacent to an activating group) is 1. The SMILES string of the molecule is CCNCC1CCCCN1c1nc(C)cc(C)n1. The van der Waals surface area contributed by atoms with Crippen LogP contribution in [0.15, 0.2) is 6.07 Å². The Morgan fingerprint density at radius 1 is 1.28 bits per heavy atom. The van der Waals surface area contributed by atoms with Gasteiger partial charge in [0.25, 0.3) is 0 Å². The van der Waals surface area contributed by atoms with Crippen LogP contribution in [0.4, 0.5) is 5.95 Å². The first-order chi connectivity index (χ1) is 8.70. The lowest BCUT2D eigenvalue weighted by Crippen LogP contribution is -2.46. The molecule has 1 N–H and O–H groups in total. The molecule has 2 heterocycles. The van der Waals surface area contributed by atoms with Crippen molar-refractivity contribution >= 4 is 5.95 Å². The number of nitrogens with one attached hydrogen (secondary N) is 1. The first-order valence-electron chi connectivity index (χ1n) is 7.00. The van der Waals surface area contributed by atoms with Crippen LogP contribution in [0.1, 0.15) is 37.6 Å². The van der Waals surface area contributed by atoms with E-state index in [0.29, 0.717) is 6.04 Å². The molecule has 1 unspecified atom stereocenters. The Hall–Kier alpha value is -1.16. The second-order valence-electron chi connectivity index (χ2n) is 5.10. The number of aryl methyl sites for hydroxylation is 2. The van der Waals surface area contributed by atoms with Crippen molar-refractivity contribution in [2.24, 2.45) is 0 Å². The fourth-order valence-electron chi connectivity index (χ4n) is 2.62. The maximum Gasteiger partial charge on any atom is 0.226 e. The molecule has 4 nitrogen and oxygen atoms in total. The Kier molecular flexibility index (Phi) is 4.53. The van der Waals surface area contributed by atoms with Gasteiger partial charge in [-0.25, -0.2) is 9.97 Å². The minimum atomic E-state index is 0.542. The molecule has 2 rings (SSSR count). The number of hydrogen-bond donors (Lipinski definition) is 1. The normalized spacial score (nSPS) is 20.2. The van der Waals surface area contributed by atoms with Crippen LogP contribution in [-0.4, -0.2) is 35.6 Å². The fraction of sp³-hybridized carbons (Fsp3) is 0.714. The van der Waals surface area contributed by atoms with Gasteiger partial charge in [0, 0.05) is 30.5 Å². The van der Waals surface area contributed by atoms with Crippen molar-refractivity contribution in [1.29, 1.82) is 0 Å². The smallest absolute Gasteiger partial charge is 0.226 e. The van der Waals surface area contributed by atoms with Crippen molar-refractivity contribution in [3.63, 3.8) is 0 Å². The average molecular weight is 248 g/mol. The van der Waals surface area contributed by atoms with Crippen LogP contribution >= 0.6 is 0 Å². The van der Waals surface area contributed by atoms with E-state index in [2.05, 4.69) is 27.1 Å². The zero-order chi connectivity index (χ0) is 13.0. The predicted molar refractivity (Wildman–Crippen MR) is 75.0 cm³/mol. The molecule has 1 fully saturated rings. The standard InChI is InChI=1S/C14H24N4/c1-4-15-10-13-7-5-6-8-18(13)14-16-11(2)9-12(3)17-14/h9,13,15H,4-8,10H2,1-3H3. The maximum atomic E-state index is 4.60. The monoisotopic (exact) mass is 248 g/mol. The number of rotatable bonds is 4. The summed E-state index contributed by atoms with van der Waals surface area (Å²) >= 11 is 0. The molecule has 18 heavy (non-hydrogen) atoms. The molecule has 1 aliphatic heterocycles. The summed E-state index contributed by atoms with van der Waals surface area (Å²) in [5.41, 5.74) is 2.12. The lowest BCUT2D eigenvalue weighted by molar-refractivity contribution is 0.432. The molecular weight excluding hydrogens is 224 g/mol. The van der Waals surface area contributed by atoms with Gasteiger partial charge in [0.1, 0.15) is 0 Å².